The van der Waals surface area contributed by atoms with Crippen molar-refractivity contribution in [1.29, 1.82) is 0 Å². The monoisotopic (exact) mass is 175 g/mol. The lowest BCUT2D eigenvalue weighted by Gasteiger charge is -2.30. The molecule has 1 aliphatic heterocycles. The molecule has 0 aliphatic carbocycles. The van der Waals surface area contributed by atoms with E-state index in [4.69, 9.17) is 4.74 Å². The molecule has 1 heterocycles. The lowest BCUT2D eigenvalue weighted by Crippen LogP contribution is -2.42. The van der Waals surface area contributed by atoms with Crippen LogP contribution in [0.5, 0.6) is 0 Å². The fraction of sp³-hybridized carbons (Fsp3) is 1.00. The molecule has 0 radical (unpaired) electrons. The van der Waals surface area contributed by atoms with Crippen LogP contribution < -0.4 is 0 Å². The molecule has 0 saturated carbocycles. The van der Waals surface area contributed by atoms with E-state index in [9.17, 15) is 4.39 Å². The highest BCUT2D eigenvalue weighted by Crippen LogP contribution is 2.12. The second-order valence-corrected chi connectivity index (χ2v) is 3.54. The number of rotatable bonds is 2. The Labute approximate surface area is 73.7 Å². The zero-order chi connectivity index (χ0) is 8.97. The van der Waals surface area contributed by atoms with E-state index < -0.39 is 0 Å². The molecule has 0 aromatic carbocycles. The highest BCUT2D eigenvalue weighted by molar-refractivity contribution is 4.76. The van der Waals surface area contributed by atoms with E-state index in [-0.39, 0.29) is 12.7 Å². The van der Waals surface area contributed by atoms with Crippen LogP contribution in [-0.4, -0.2) is 43.4 Å². The van der Waals surface area contributed by atoms with Crippen LogP contribution in [-0.2, 0) is 4.74 Å². The maximum Gasteiger partial charge on any atom is 0.105 e. The van der Waals surface area contributed by atoms with Gasteiger partial charge in [-0.05, 0) is 20.3 Å². The van der Waals surface area contributed by atoms with Gasteiger partial charge in [0.05, 0.1) is 6.61 Å². The third-order valence-electron chi connectivity index (χ3n) is 2.40. The van der Waals surface area contributed by atoms with Crippen molar-refractivity contribution in [3.63, 3.8) is 0 Å². The molecule has 0 aromatic rings. The molecule has 1 saturated heterocycles. The lowest BCUT2D eigenvalue weighted by atomic mass is 10.1. The van der Waals surface area contributed by atoms with Crippen molar-refractivity contribution in [2.75, 3.05) is 26.4 Å². The Morgan fingerprint density at radius 2 is 2.25 bits per heavy atom. The van der Waals surface area contributed by atoms with Crippen LogP contribution in [0.1, 0.15) is 20.3 Å². The Morgan fingerprint density at radius 3 is 2.83 bits per heavy atom. The highest BCUT2D eigenvalue weighted by Gasteiger charge is 2.22. The number of ether oxygens (including phenoxy) is 1. The number of nitrogens with zero attached hydrogens (tertiary/aromatic N) is 1. The first-order valence-electron chi connectivity index (χ1n) is 4.65. The fourth-order valence-corrected chi connectivity index (χ4v) is 1.69. The van der Waals surface area contributed by atoms with Gasteiger partial charge in [0.1, 0.15) is 6.67 Å². The normalized spacial score (nSPS) is 27.5. The van der Waals surface area contributed by atoms with Crippen molar-refractivity contribution in [3.05, 3.63) is 0 Å². The SMILES string of the molecule is CC(C)N1CCOCCC1CF. The Bertz CT molecular complexity index is 130. The average molecular weight is 175 g/mol. The summed E-state index contributed by atoms with van der Waals surface area (Å²) in [5.74, 6) is 0. The van der Waals surface area contributed by atoms with E-state index in [1.165, 1.54) is 0 Å². The van der Waals surface area contributed by atoms with Gasteiger partial charge in [-0.25, -0.2) is 4.39 Å². The molecule has 1 rings (SSSR count). The summed E-state index contributed by atoms with van der Waals surface area (Å²) in [5.41, 5.74) is 0. The Hall–Kier alpha value is -0.150. The van der Waals surface area contributed by atoms with Crippen LogP contribution in [0.4, 0.5) is 4.39 Å². The van der Waals surface area contributed by atoms with E-state index >= 15 is 0 Å². The maximum atomic E-state index is 12.6. The van der Waals surface area contributed by atoms with Gasteiger partial charge in [0.25, 0.3) is 0 Å². The first-order chi connectivity index (χ1) is 5.75. The standard InChI is InChI=1S/C9H18FNO/c1-8(2)11-4-6-12-5-3-9(11)7-10/h8-9H,3-7H2,1-2H3. The van der Waals surface area contributed by atoms with Gasteiger partial charge in [-0.3, -0.25) is 4.90 Å². The van der Waals surface area contributed by atoms with Crippen LogP contribution in [0.15, 0.2) is 0 Å². The molecule has 1 unspecified atom stereocenters. The minimum absolute atomic E-state index is 0.0764. The molecule has 0 bridgehead atoms. The van der Waals surface area contributed by atoms with Crippen molar-refractivity contribution < 1.29 is 9.13 Å². The van der Waals surface area contributed by atoms with Crippen LogP contribution >= 0.6 is 0 Å². The van der Waals surface area contributed by atoms with Gasteiger partial charge < -0.3 is 4.74 Å². The third kappa shape index (κ3) is 2.42. The Kier molecular flexibility index (Phi) is 3.95. The third-order valence-corrected chi connectivity index (χ3v) is 2.40. The second-order valence-electron chi connectivity index (χ2n) is 3.54. The summed E-state index contributed by atoms with van der Waals surface area (Å²) >= 11 is 0. The molecule has 0 amide bonds. The molecule has 2 nitrogen and oxygen atoms in total. The minimum atomic E-state index is -0.248. The summed E-state index contributed by atoms with van der Waals surface area (Å²) in [4.78, 5) is 2.19. The summed E-state index contributed by atoms with van der Waals surface area (Å²) in [6, 6.07) is 0.500. The molecular formula is C9H18FNO. The molecule has 0 spiro atoms. The van der Waals surface area contributed by atoms with Crippen LogP contribution in [0.25, 0.3) is 0 Å². The van der Waals surface area contributed by atoms with Crippen molar-refractivity contribution in [1.82, 2.24) is 4.90 Å². The quantitative estimate of drug-likeness (QED) is 0.630. The molecule has 0 aromatic heterocycles. The largest absolute Gasteiger partial charge is 0.380 e. The summed E-state index contributed by atoms with van der Waals surface area (Å²) in [6.45, 7) is 6.28. The van der Waals surface area contributed by atoms with E-state index in [2.05, 4.69) is 18.7 Å². The molecule has 72 valence electrons. The predicted octanol–water partition coefficient (Wildman–Crippen LogP) is 1.46. The molecule has 3 heteroatoms. The van der Waals surface area contributed by atoms with Gasteiger partial charge in [0, 0.05) is 25.2 Å². The van der Waals surface area contributed by atoms with E-state index in [0.717, 1.165) is 19.6 Å². The second kappa shape index (κ2) is 4.77. The minimum Gasteiger partial charge on any atom is -0.380 e. The molecule has 1 fully saturated rings. The van der Waals surface area contributed by atoms with Gasteiger partial charge in [-0.1, -0.05) is 0 Å². The van der Waals surface area contributed by atoms with Gasteiger partial charge in [-0.15, -0.1) is 0 Å². The number of halogens is 1. The van der Waals surface area contributed by atoms with Gasteiger partial charge in [0.15, 0.2) is 0 Å². The van der Waals surface area contributed by atoms with Gasteiger partial charge >= 0.3 is 0 Å². The van der Waals surface area contributed by atoms with Crippen molar-refractivity contribution in [2.24, 2.45) is 0 Å². The molecule has 0 N–H and O–H groups in total. The zero-order valence-electron chi connectivity index (χ0n) is 7.92. The van der Waals surface area contributed by atoms with Crippen molar-refractivity contribution >= 4 is 0 Å². The van der Waals surface area contributed by atoms with E-state index in [0.29, 0.717) is 12.6 Å². The highest BCUT2D eigenvalue weighted by atomic mass is 19.1. The Morgan fingerprint density at radius 1 is 1.50 bits per heavy atom. The fourth-order valence-electron chi connectivity index (χ4n) is 1.69. The number of hydrogen-bond acceptors (Lipinski definition) is 2. The smallest absolute Gasteiger partial charge is 0.105 e. The maximum absolute atomic E-state index is 12.6. The molecular weight excluding hydrogens is 157 g/mol. The van der Waals surface area contributed by atoms with Crippen molar-refractivity contribution in [2.45, 2.75) is 32.4 Å². The predicted molar refractivity (Wildman–Crippen MR) is 47.0 cm³/mol. The lowest BCUT2D eigenvalue weighted by molar-refractivity contribution is 0.122. The van der Waals surface area contributed by atoms with Crippen LogP contribution in [0.3, 0.4) is 0 Å². The number of hydrogen-bond donors (Lipinski definition) is 0. The first-order valence-corrected chi connectivity index (χ1v) is 4.65. The number of alkyl halides is 1. The van der Waals surface area contributed by atoms with Crippen molar-refractivity contribution in [3.8, 4) is 0 Å². The van der Waals surface area contributed by atoms with E-state index in [1.807, 2.05) is 0 Å². The first kappa shape index (κ1) is 9.93. The average Bonchev–Trinajstić information content (AvgIpc) is 2.27. The van der Waals surface area contributed by atoms with Crippen LogP contribution in [0.2, 0.25) is 0 Å². The summed E-state index contributed by atoms with van der Waals surface area (Å²) < 4.78 is 17.9. The summed E-state index contributed by atoms with van der Waals surface area (Å²) in [6.07, 6.45) is 0.828. The van der Waals surface area contributed by atoms with Gasteiger partial charge in [0.2, 0.25) is 0 Å². The van der Waals surface area contributed by atoms with Crippen LogP contribution in [0, 0.1) is 0 Å². The molecule has 1 aliphatic rings. The zero-order valence-corrected chi connectivity index (χ0v) is 7.92. The van der Waals surface area contributed by atoms with Gasteiger partial charge in [-0.2, -0.15) is 0 Å². The molecule has 1 atom stereocenters. The molecule has 12 heavy (non-hydrogen) atoms. The van der Waals surface area contributed by atoms with E-state index in [1.54, 1.807) is 0 Å². The summed E-state index contributed by atoms with van der Waals surface area (Å²) in [7, 11) is 0. The summed E-state index contributed by atoms with van der Waals surface area (Å²) in [5, 5.41) is 0. The topological polar surface area (TPSA) is 12.5 Å². The Balaban J connectivity index is 2.51.